The second-order valence-electron chi connectivity index (χ2n) is 10.7. The van der Waals surface area contributed by atoms with Crippen molar-refractivity contribution in [1.29, 1.82) is 0 Å². The largest absolute Gasteiger partial charge is 0.468 e. The van der Waals surface area contributed by atoms with Gasteiger partial charge in [0, 0.05) is 23.0 Å². The van der Waals surface area contributed by atoms with Gasteiger partial charge in [0.1, 0.15) is 0 Å². The Morgan fingerprint density at radius 3 is 1.72 bits per heavy atom. The molecular formula is C33H32O6. The Balaban J connectivity index is 1.87. The van der Waals surface area contributed by atoms with Gasteiger partial charge in [-0.3, -0.25) is 19.2 Å². The van der Waals surface area contributed by atoms with E-state index in [1.54, 1.807) is 48.5 Å². The summed E-state index contributed by atoms with van der Waals surface area (Å²) in [5, 5.41) is 0. The molecule has 200 valence electrons. The highest BCUT2D eigenvalue weighted by atomic mass is 16.5. The summed E-state index contributed by atoms with van der Waals surface area (Å²) in [6.45, 7) is 1.99. The van der Waals surface area contributed by atoms with Crippen LogP contribution in [0.1, 0.15) is 52.0 Å². The van der Waals surface area contributed by atoms with Crippen LogP contribution in [0, 0.1) is 28.6 Å². The van der Waals surface area contributed by atoms with Crippen LogP contribution < -0.4 is 0 Å². The summed E-state index contributed by atoms with van der Waals surface area (Å²) in [7, 11) is 2.48. The van der Waals surface area contributed by atoms with Crippen molar-refractivity contribution in [3.63, 3.8) is 0 Å². The molecule has 0 N–H and O–H groups in total. The highest BCUT2D eigenvalue weighted by Gasteiger charge is 2.78. The number of ether oxygens (including phenoxy) is 2. The Morgan fingerprint density at radius 1 is 0.718 bits per heavy atom. The standard InChI is InChI=1S/C33H32O6/c1-21-19-25-20-32(30(36)38-2,31(37)39-3)28(23-15-9-5-10-16-23)33(25,29(35)24-17-11-6-12-18-24)26(21)27(34)22-13-7-4-8-14-22/h4-18,21,25-26,28H,19-20H2,1-3H3/t21?,25-,26?,28+,33-/m0/s1. The average molecular weight is 525 g/mol. The number of Topliss-reactive ketones (excluding diaryl/α,β-unsaturated/α-hetero) is 2. The van der Waals surface area contributed by atoms with Gasteiger partial charge in [-0.05, 0) is 30.2 Å². The third-order valence-corrected chi connectivity index (χ3v) is 8.96. The molecule has 2 unspecified atom stereocenters. The van der Waals surface area contributed by atoms with Gasteiger partial charge in [-0.1, -0.05) is 97.9 Å². The van der Waals surface area contributed by atoms with E-state index in [1.165, 1.54) is 14.2 Å². The fourth-order valence-corrected chi connectivity index (χ4v) is 7.70. The second kappa shape index (κ2) is 10.3. The Bertz CT molecular complexity index is 1370. The molecule has 2 aliphatic rings. The van der Waals surface area contributed by atoms with Crippen molar-refractivity contribution in [2.24, 2.45) is 28.6 Å². The van der Waals surface area contributed by atoms with Gasteiger partial charge in [-0.2, -0.15) is 0 Å². The van der Waals surface area contributed by atoms with E-state index in [9.17, 15) is 19.2 Å². The molecule has 2 fully saturated rings. The minimum atomic E-state index is -1.80. The maximum Gasteiger partial charge on any atom is 0.323 e. The number of methoxy groups -OCH3 is 2. The van der Waals surface area contributed by atoms with Crippen LogP contribution >= 0.6 is 0 Å². The maximum atomic E-state index is 15.0. The Hall–Kier alpha value is -4.06. The molecule has 2 saturated carbocycles. The fraction of sp³-hybridized carbons (Fsp3) is 0.333. The summed E-state index contributed by atoms with van der Waals surface area (Å²) in [6, 6.07) is 26.9. The predicted molar refractivity (Wildman–Crippen MR) is 145 cm³/mol. The normalized spacial score (nSPS) is 26.8. The lowest BCUT2D eigenvalue weighted by molar-refractivity contribution is -0.171. The van der Waals surface area contributed by atoms with E-state index < -0.39 is 40.5 Å². The SMILES string of the molecule is COC(=O)C1(C(=O)OC)C[C@@H]2CC(C)C(C(=O)c3ccccc3)[C@]2(C(=O)c2ccccc2)[C@@H]1c1ccccc1. The molecule has 0 bridgehead atoms. The number of benzene rings is 3. The summed E-state index contributed by atoms with van der Waals surface area (Å²) in [5.41, 5.74) is -1.63. The smallest absolute Gasteiger partial charge is 0.323 e. The molecule has 6 nitrogen and oxygen atoms in total. The summed E-state index contributed by atoms with van der Waals surface area (Å²) >= 11 is 0. The van der Waals surface area contributed by atoms with Crippen molar-refractivity contribution in [3.8, 4) is 0 Å². The van der Waals surface area contributed by atoms with Crippen LogP contribution in [0.4, 0.5) is 0 Å². The number of carbonyl (C=O) groups excluding carboxylic acids is 4. The molecule has 39 heavy (non-hydrogen) atoms. The van der Waals surface area contributed by atoms with Gasteiger partial charge in [-0.25, -0.2) is 0 Å². The molecule has 0 heterocycles. The molecule has 2 aliphatic carbocycles. The number of carbonyl (C=O) groups is 4. The molecule has 0 spiro atoms. The van der Waals surface area contributed by atoms with E-state index in [1.807, 2.05) is 49.4 Å². The van der Waals surface area contributed by atoms with E-state index in [-0.39, 0.29) is 23.9 Å². The highest BCUT2D eigenvalue weighted by molar-refractivity contribution is 6.11. The van der Waals surface area contributed by atoms with E-state index in [0.29, 0.717) is 23.1 Å². The van der Waals surface area contributed by atoms with Gasteiger partial charge < -0.3 is 9.47 Å². The highest BCUT2D eigenvalue weighted by Crippen LogP contribution is 2.73. The number of esters is 2. The van der Waals surface area contributed by atoms with E-state index >= 15 is 0 Å². The Kier molecular flexibility index (Phi) is 6.98. The molecule has 5 atom stereocenters. The Morgan fingerprint density at radius 2 is 1.21 bits per heavy atom. The summed E-state index contributed by atoms with van der Waals surface area (Å²) < 4.78 is 10.6. The minimum absolute atomic E-state index is 0.0490. The number of hydrogen-bond donors (Lipinski definition) is 0. The number of hydrogen-bond acceptors (Lipinski definition) is 6. The van der Waals surface area contributed by atoms with Gasteiger partial charge in [0.05, 0.1) is 19.6 Å². The van der Waals surface area contributed by atoms with Crippen LogP contribution in [0.15, 0.2) is 91.0 Å². The lowest BCUT2D eigenvalue weighted by Crippen LogP contribution is -2.52. The number of fused-ring (bicyclic) bond motifs is 1. The summed E-state index contributed by atoms with van der Waals surface area (Å²) in [5.74, 6) is -4.29. The average Bonchev–Trinajstić information content (AvgIpc) is 3.44. The first-order valence-electron chi connectivity index (χ1n) is 13.2. The first-order valence-corrected chi connectivity index (χ1v) is 13.2. The molecule has 6 heteroatoms. The van der Waals surface area contributed by atoms with Gasteiger partial charge >= 0.3 is 11.9 Å². The predicted octanol–water partition coefficient (Wildman–Crippen LogP) is 5.53. The zero-order chi connectivity index (χ0) is 27.8. The third-order valence-electron chi connectivity index (χ3n) is 8.96. The van der Waals surface area contributed by atoms with Gasteiger partial charge in [0.2, 0.25) is 0 Å². The molecule has 0 aliphatic heterocycles. The van der Waals surface area contributed by atoms with E-state index in [2.05, 4.69) is 0 Å². The van der Waals surface area contributed by atoms with Crippen LogP contribution in [-0.4, -0.2) is 37.7 Å². The lowest BCUT2D eigenvalue weighted by Gasteiger charge is -2.43. The topological polar surface area (TPSA) is 86.7 Å². The van der Waals surface area contributed by atoms with Crippen LogP contribution in [0.25, 0.3) is 0 Å². The quantitative estimate of drug-likeness (QED) is 0.229. The molecule has 0 aromatic heterocycles. The van der Waals surface area contributed by atoms with Crippen molar-refractivity contribution in [3.05, 3.63) is 108 Å². The number of ketones is 2. The molecule has 3 aromatic rings. The zero-order valence-corrected chi connectivity index (χ0v) is 22.3. The molecule has 0 saturated heterocycles. The zero-order valence-electron chi connectivity index (χ0n) is 22.3. The van der Waals surface area contributed by atoms with Crippen molar-refractivity contribution in [2.75, 3.05) is 14.2 Å². The fourth-order valence-electron chi connectivity index (χ4n) is 7.70. The van der Waals surface area contributed by atoms with Crippen molar-refractivity contribution in [2.45, 2.75) is 25.7 Å². The van der Waals surface area contributed by atoms with Gasteiger partial charge in [0.25, 0.3) is 0 Å². The van der Waals surface area contributed by atoms with Crippen molar-refractivity contribution in [1.82, 2.24) is 0 Å². The molecular weight excluding hydrogens is 492 g/mol. The summed E-state index contributed by atoms with van der Waals surface area (Å²) in [4.78, 5) is 56.9. The first-order chi connectivity index (χ1) is 18.8. The monoisotopic (exact) mass is 524 g/mol. The second-order valence-corrected chi connectivity index (χ2v) is 10.7. The molecule has 0 radical (unpaired) electrons. The Labute approximate surface area is 228 Å². The van der Waals surface area contributed by atoms with Gasteiger partial charge in [0.15, 0.2) is 17.0 Å². The molecule has 5 rings (SSSR count). The van der Waals surface area contributed by atoms with Crippen LogP contribution in [0.5, 0.6) is 0 Å². The molecule has 0 amide bonds. The number of rotatable bonds is 7. The van der Waals surface area contributed by atoms with E-state index in [0.717, 1.165) is 0 Å². The lowest BCUT2D eigenvalue weighted by atomic mass is 9.56. The van der Waals surface area contributed by atoms with Crippen LogP contribution in [0.3, 0.4) is 0 Å². The first kappa shape index (κ1) is 26.5. The van der Waals surface area contributed by atoms with Gasteiger partial charge in [-0.15, -0.1) is 0 Å². The minimum Gasteiger partial charge on any atom is -0.468 e. The van der Waals surface area contributed by atoms with Crippen LogP contribution in [0.2, 0.25) is 0 Å². The maximum absolute atomic E-state index is 15.0. The van der Waals surface area contributed by atoms with Crippen molar-refractivity contribution < 1.29 is 28.7 Å². The third kappa shape index (κ3) is 3.84. The van der Waals surface area contributed by atoms with Crippen LogP contribution in [-0.2, 0) is 19.1 Å². The van der Waals surface area contributed by atoms with E-state index in [4.69, 9.17) is 9.47 Å². The molecule has 3 aromatic carbocycles. The van der Waals surface area contributed by atoms with Crippen molar-refractivity contribution >= 4 is 23.5 Å². The summed E-state index contributed by atoms with van der Waals surface area (Å²) in [6.07, 6.45) is 0.550.